The number of aryl methyl sites for hydroxylation is 2. The molecule has 1 fully saturated rings. The summed E-state index contributed by atoms with van der Waals surface area (Å²) in [4.78, 5) is 21.6. The van der Waals surface area contributed by atoms with E-state index < -0.39 is 0 Å². The van der Waals surface area contributed by atoms with Gasteiger partial charge in [0.15, 0.2) is 11.7 Å². The van der Waals surface area contributed by atoms with Crippen LogP contribution in [0.5, 0.6) is 5.75 Å². The van der Waals surface area contributed by atoms with Gasteiger partial charge in [-0.25, -0.2) is 4.98 Å². The lowest BCUT2D eigenvalue weighted by molar-refractivity contribution is -0.133. The van der Waals surface area contributed by atoms with Crippen LogP contribution < -0.4 is 9.64 Å². The molecule has 0 N–H and O–H groups in total. The SMILES string of the molecule is CCc1ccc2nc(N3CCN(C(=O)COc4ccccc4CC)CC3)sc2c1. The Morgan fingerprint density at radius 1 is 1.07 bits per heavy atom. The molecule has 1 amide bonds. The van der Waals surface area contributed by atoms with E-state index in [1.165, 1.54) is 10.3 Å². The number of para-hydroxylation sites is 1. The summed E-state index contributed by atoms with van der Waals surface area (Å²) in [5, 5.41) is 1.05. The van der Waals surface area contributed by atoms with Crippen LogP contribution in [0.3, 0.4) is 0 Å². The number of carbonyl (C=O) groups excluding carboxylic acids is 1. The van der Waals surface area contributed by atoms with E-state index in [0.29, 0.717) is 13.1 Å². The van der Waals surface area contributed by atoms with Crippen LogP contribution in [-0.2, 0) is 17.6 Å². The van der Waals surface area contributed by atoms with Crippen molar-refractivity contribution >= 4 is 32.6 Å². The smallest absolute Gasteiger partial charge is 0.260 e. The molecule has 3 aromatic rings. The van der Waals surface area contributed by atoms with Gasteiger partial charge in [-0.3, -0.25) is 4.79 Å². The molecule has 1 aromatic heterocycles. The minimum absolute atomic E-state index is 0.0486. The van der Waals surface area contributed by atoms with E-state index in [9.17, 15) is 4.79 Å². The number of benzene rings is 2. The highest BCUT2D eigenvalue weighted by molar-refractivity contribution is 7.22. The summed E-state index contributed by atoms with van der Waals surface area (Å²) >= 11 is 1.74. The molecule has 1 saturated heterocycles. The van der Waals surface area contributed by atoms with Gasteiger partial charge in [0.2, 0.25) is 0 Å². The number of anilines is 1. The van der Waals surface area contributed by atoms with Crippen molar-refractivity contribution in [3.05, 3.63) is 53.6 Å². The van der Waals surface area contributed by atoms with E-state index in [1.54, 1.807) is 11.3 Å². The number of carbonyl (C=O) groups is 1. The molecule has 5 nitrogen and oxygen atoms in total. The second-order valence-corrected chi connectivity index (χ2v) is 8.28. The van der Waals surface area contributed by atoms with Crippen molar-refractivity contribution in [1.82, 2.24) is 9.88 Å². The van der Waals surface area contributed by atoms with Crippen molar-refractivity contribution in [2.75, 3.05) is 37.7 Å². The number of fused-ring (bicyclic) bond motifs is 1. The summed E-state index contributed by atoms with van der Waals surface area (Å²) in [6.45, 7) is 7.37. The molecule has 0 radical (unpaired) electrons. The van der Waals surface area contributed by atoms with Crippen LogP contribution in [0.25, 0.3) is 10.2 Å². The molecule has 0 unspecified atom stereocenters. The number of hydrogen-bond donors (Lipinski definition) is 0. The fourth-order valence-electron chi connectivity index (χ4n) is 3.63. The molecule has 152 valence electrons. The van der Waals surface area contributed by atoms with Gasteiger partial charge >= 0.3 is 0 Å². The van der Waals surface area contributed by atoms with Crippen LogP contribution in [0.4, 0.5) is 5.13 Å². The predicted octanol–water partition coefficient (Wildman–Crippen LogP) is 4.15. The average molecular weight is 410 g/mol. The normalized spacial score (nSPS) is 14.4. The number of piperazine rings is 1. The van der Waals surface area contributed by atoms with Crippen LogP contribution in [0.15, 0.2) is 42.5 Å². The maximum atomic E-state index is 12.6. The lowest BCUT2D eigenvalue weighted by Gasteiger charge is -2.34. The summed E-state index contributed by atoms with van der Waals surface area (Å²) in [6.07, 6.45) is 1.93. The van der Waals surface area contributed by atoms with Gasteiger partial charge in [-0.15, -0.1) is 0 Å². The van der Waals surface area contributed by atoms with Crippen molar-refractivity contribution in [2.24, 2.45) is 0 Å². The molecule has 0 saturated carbocycles. The Balaban J connectivity index is 1.33. The van der Waals surface area contributed by atoms with Gasteiger partial charge in [0.25, 0.3) is 5.91 Å². The molecule has 0 aliphatic carbocycles. The third-order valence-corrected chi connectivity index (χ3v) is 6.54. The number of nitrogens with zero attached hydrogens (tertiary/aromatic N) is 3. The van der Waals surface area contributed by atoms with Crippen molar-refractivity contribution in [2.45, 2.75) is 26.7 Å². The minimum Gasteiger partial charge on any atom is -0.483 e. The van der Waals surface area contributed by atoms with Gasteiger partial charge in [-0.1, -0.05) is 49.4 Å². The Morgan fingerprint density at radius 2 is 1.86 bits per heavy atom. The molecule has 0 atom stereocenters. The van der Waals surface area contributed by atoms with E-state index in [2.05, 4.69) is 36.9 Å². The number of aromatic nitrogens is 1. The molecular weight excluding hydrogens is 382 g/mol. The number of amides is 1. The minimum atomic E-state index is 0.0486. The zero-order valence-corrected chi connectivity index (χ0v) is 17.9. The first-order valence-electron chi connectivity index (χ1n) is 10.3. The first-order valence-corrected chi connectivity index (χ1v) is 11.1. The molecule has 29 heavy (non-hydrogen) atoms. The molecular formula is C23H27N3O2S. The van der Waals surface area contributed by atoms with Gasteiger partial charge in [0.05, 0.1) is 10.2 Å². The highest BCUT2D eigenvalue weighted by atomic mass is 32.1. The van der Waals surface area contributed by atoms with Crippen molar-refractivity contribution in [3.63, 3.8) is 0 Å². The molecule has 6 heteroatoms. The molecule has 1 aliphatic heterocycles. The molecule has 0 spiro atoms. The largest absolute Gasteiger partial charge is 0.483 e. The van der Waals surface area contributed by atoms with Gasteiger partial charge in [0.1, 0.15) is 5.75 Å². The van der Waals surface area contributed by atoms with Crippen molar-refractivity contribution in [1.29, 1.82) is 0 Å². The van der Waals surface area contributed by atoms with Crippen molar-refractivity contribution < 1.29 is 9.53 Å². The Hall–Kier alpha value is -2.60. The summed E-state index contributed by atoms with van der Waals surface area (Å²) in [5.41, 5.74) is 3.53. The standard InChI is InChI=1S/C23H27N3O2S/c1-3-17-9-10-19-21(15-17)29-23(24-19)26-13-11-25(12-14-26)22(27)16-28-20-8-6-5-7-18(20)4-2/h5-10,15H,3-4,11-14,16H2,1-2H3. The number of thiazole rings is 1. The third kappa shape index (κ3) is 4.37. The Bertz CT molecular complexity index is 993. The summed E-state index contributed by atoms with van der Waals surface area (Å²) in [6, 6.07) is 14.4. The maximum Gasteiger partial charge on any atom is 0.260 e. The maximum absolute atomic E-state index is 12.6. The Labute approximate surface area is 175 Å². The molecule has 2 aromatic carbocycles. The zero-order valence-electron chi connectivity index (χ0n) is 17.1. The highest BCUT2D eigenvalue weighted by Gasteiger charge is 2.23. The number of hydrogen-bond acceptors (Lipinski definition) is 5. The first kappa shape index (κ1) is 19.7. The second-order valence-electron chi connectivity index (χ2n) is 7.27. The van der Waals surface area contributed by atoms with Gasteiger partial charge in [-0.05, 0) is 42.2 Å². The monoisotopic (exact) mass is 409 g/mol. The Kier molecular flexibility index (Phi) is 6.00. The molecule has 4 rings (SSSR count). The van der Waals surface area contributed by atoms with Gasteiger partial charge < -0.3 is 14.5 Å². The van der Waals surface area contributed by atoms with Crippen LogP contribution in [-0.4, -0.2) is 48.6 Å². The lowest BCUT2D eigenvalue weighted by atomic mass is 10.1. The van der Waals surface area contributed by atoms with Crippen molar-refractivity contribution in [3.8, 4) is 5.75 Å². The van der Waals surface area contributed by atoms with Crippen LogP contribution in [0, 0.1) is 0 Å². The van der Waals surface area contributed by atoms with E-state index in [4.69, 9.17) is 9.72 Å². The average Bonchev–Trinajstić information content (AvgIpc) is 3.21. The number of ether oxygens (including phenoxy) is 1. The highest BCUT2D eigenvalue weighted by Crippen LogP contribution is 2.30. The van der Waals surface area contributed by atoms with Crippen LogP contribution in [0.2, 0.25) is 0 Å². The topological polar surface area (TPSA) is 45.7 Å². The summed E-state index contributed by atoms with van der Waals surface area (Å²) in [5.74, 6) is 0.857. The lowest BCUT2D eigenvalue weighted by Crippen LogP contribution is -2.50. The second kappa shape index (κ2) is 8.82. The molecule has 1 aliphatic rings. The fraction of sp³-hybridized carbons (Fsp3) is 0.391. The summed E-state index contributed by atoms with van der Waals surface area (Å²) < 4.78 is 7.04. The van der Waals surface area contributed by atoms with Crippen LogP contribution >= 0.6 is 11.3 Å². The third-order valence-electron chi connectivity index (χ3n) is 5.46. The van der Waals surface area contributed by atoms with E-state index in [1.807, 2.05) is 29.2 Å². The zero-order chi connectivity index (χ0) is 20.2. The van der Waals surface area contributed by atoms with Crippen LogP contribution in [0.1, 0.15) is 25.0 Å². The van der Waals surface area contributed by atoms with E-state index in [-0.39, 0.29) is 12.5 Å². The quantitative estimate of drug-likeness (QED) is 0.614. The van der Waals surface area contributed by atoms with Gasteiger partial charge in [0, 0.05) is 26.2 Å². The fourth-order valence-corrected chi connectivity index (χ4v) is 4.71. The van der Waals surface area contributed by atoms with E-state index in [0.717, 1.165) is 47.9 Å². The summed E-state index contributed by atoms with van der Waals surface area (Å²) in [7, 11) is 0. The molecule has 0 bridgehead atoms. The molecule has 2 heterocycles. The number of rotatable bonds is 6. The van der Waals surface area contributed by atoms with E-state index >= 15 is 0 Å². The first-order chi connectivity index (χ1) is 14.2. The predicted molar refractivity (Wildman–Crippen MR) is 119 cm³/mol. The van der Waals surface area contributed by atoms with Gasteiger partial charge in [-0.2, -0.15) is 0 Å². The Morgan fingerprint density at radius 3 is 2.62 bits per heavy atom.